The number of nitrogens with zero attached hydrogens (tertiary/aromatic N) is 1. The SMILES string of the molecule is NCCOCCOCCOCCOCCOCCN(C(=O)CCCC[C@@H]1SC[C@@H]2NC(=O)N[C@@H]21)C(=O)CO[C@H]1C[C@@H](O)[C@H](O)[C@@H](CO)O1. The van der Waals surface area contributed by atoms with Crippen LogP contribution < -0.4 is 16.4 Å². The Kier molecular flexibility index (Phi) is 20.1. The van der Waals surface area contributed by atoms with E-state index in [-0.39, 0.29) is 61.9 Å². The van der Waals surface area contributed by atoms with Gasteiger partial charge in [-0.05, 0) is 12.8 Å². The van der Waals surface area contributed by atoms with Crippen molar-refractivity contribution in [1.82, 2.24) is 15.5 Å². The number of hydrogen-bond donors (Lipinski definition) is 6. The van der Waals surface area contributed by atoms with Gasteiger partial charge >= 0.3 is 6.03 Å². The molecule has 17 nitrogen and oxygen atoms in total. The van der Waals surface area contributed by atoms with Crippen molar-refractivity contribution in [2.24, 2.45) is 5.73 Å². The van der Waals surface area contributed by atoms with Crippen LogP contribution in [0.1, 0.15) is 32.1 Å². The highest BCUT2D eigenvalue weighted by Crippen LogP contribution is 2.33. The van der Waals surface area contributed by atoms with E-state index in [0.29, 0.717) is 65.8 Å². The number of rotatable bonds is 26. The summed E-state index contributed by atoms with van der Waals surface area (Å²) in [4.78, 5) is 39.0. The predicted molar refractivity (Wildman–Crippen MR) is 172 cm³/mol. The number of ether oxygens (including phenoxy) is 7. The number of aliphatic hydroxyl groups is 3. The molecule has 7 N–H and O–H groups in total. The number of hydrogen-bond acceptors (Lipinski definition) is 15. The summed E-state index contributed by atoms with van der Waals surface area (Å²) in [6.45, 7) is 3.26. The number of aliphatic hydroxyl groups excluding tert-OH is 3. The molecule has 3 aliphatic heterocycles. The normalized spacial score (nSPS) is 26.7. The number of amides is 4. The second-order valence-electron chi connectivity index (χ2n) is 11.5. The zero-order valence-electron chi connectivity index (χ0n) is 27.5. The maximum absolute atomic E-state index is 13.2. The summed E-state index contributed by atoms with van der Waals surface area (Å²) in [5.74, 6) is -0.104. The number of nitrogens with one attached hydrogen (secondary N) is 2. The molecule has 278 valence electrons. The van der Waals surface area contributed by atoms with Gasteiger partial charge in [-0.25, -0.2) is 4.79 Å². The molecule has 0 bridgehead atoms. The van der Waals surface area contributed by atoms with Crippen molar-refractivity contribution in [1.29, 1.82) is 0 Å². The van der Waals surface area contributed by atoms with Gasteiger partial charge in [0.2, 0.25) is 5.91 Å². The third kappa shape index (κ3) is 14.7. The molecule has 3 heterocycles. The Morgan fingerprint density at radius 2 is 1.52 bits per heavy atom. The minimum Gasteiger partial charge on any atom is -0.394 e. The van der Waals surface area contributed by atoms with Crippen LogP contribution in [-0.4, -0.2) is 178 Å². The van der Waals surface area contributed by atoms with Crippen LogP contribution in [0.25, 0.3) is 0 Å². The van der Waals surface area contributed by atoms with Crippen molar-refractivity contribution in [2.75, 3.05) is 98.1 Å². The number of fused-ring (bicyclic) bond motifs is 1. The molecule has 7 atom stereocenters. The van der Waals surface area contributed by atoms with Crippen LogP contribution in [-0.2, 0) is 42.7 Å². The van der Waals surface area contributed by atoms with Gasteiger partial charge in [0.15, 0.2) is 6.29 Å². The fraction of sp³-hybridized carbons (Fsp3) is 0.900. The number of carbonyl (C=O) groups excluding carboxylic acids is 3. The lowest BCUT2D eigenvalue weighted by Crippen LogP contribution is -2.51. The smallest absolute Gasteiger partial charge is 0.315 e. The highest BCUT2D eigenvalue weighted by atomic mass is 32.2. The van der Waals surface area contributed by atoms with Crippen molar-refractivity contribution in [3.63, 3.8) is 0 Å². The number of unbranched alkanes of at least 4 members (excludes halogenated alkanes) is 1. The lowest BCUT2D eigenvalue weighted by Gasteiger charge is -2.36. The van der Waals surface area contributed by atoms with Gasteiger partial charge in [0.25, 0.3) is 5.91 Å². The number of carbonyl (C=O) groups is 3. The Labute approximate surface area is 285 Å². The van der Waals surface area contributed by atoms with Gasteiger partial charge in [-0.1, -0.05) is 6.42 Å². The maximum atomic E-state index is 13.2. The summed E-state index contributed by atoms with van der Waals surface area (Å²) in [6, 6.07) is 0.0832. The Morgan fingerprint density at radius 1 is 0.896 bits per heavy atom. The van der Waals surface area contributed by atoms with Crippen molar-refractivity contribution in [3.8, 4) is 0 Å². The quantitative estimate of drug-likeness (QED) is 0.0420. The average molecular weight is 711 g/mol. The first-order valence-corrected chi connectivity index (χ1v) is 17.7. The third-order valence-electron chi connectivity index (χ3n) is 7.99. The summed E-state index contributed by atoms with van der Waals surface area (Å²) < 4.78 is 38.1. The first-order chi connectivity index (χ1) is 23.3. The molecule has 3 saturated heterocycles. The van der Waals surface area contributed by atoms with Gasteiger partial charge in [0.05, 0.1) is 97.4 Å². The molecule has 0 aromatic rings. The Bertz CT molecular complexity index is 941. The van der Waals surface area contributed by atoms with E-state index in [2.05, 4.69) is 10.6 Å². The number of urea groups is 1. The van der Waals surface area contributed by atoms with E-state index in [1.165, 1.54) is 0 Å². The Morgan fingerprint density at radius 3 is 2.15 bits per heavy atom. The van der Waals surface area contributed by atoms with E-state index >= 15 is 0 Å². The molecule has 18 heteroatoms. The highest BCUT2D eigenvalue weighted by Gasteiger charge is 2.42. The minimum atomic E-state index is -1.27. The first-order valence-electron chi connectivity index (χ1n) is 16.7. The van der Waals surface area contributed by atoms with Crippen molar-refractivity contribution in [3.05, 3.63) is 0 Å². The molecule has 48 heavy (non-hydrogen) atoms. The molecule has 3 fully saturated rings. The number of imide groups is 1. The molecule has 3 aliphatic rings. The van der Waals surface area contributed by atoms with Crippen LogP contribution in [0, 0.1) is 0 Å². The monoisotopic (exact) mass is 710 g/mol. The van der Waals surface area contributed by atoms with Gasteiger partial charge in [-0.2, -0.15) is 11.8 Å². The summed E-state index contributed by atoms with van der Waals surface area (Å²) in [7, 11) is 0. The van der Waals surface area contributed by atoms with E-state index in [1.807, 2.05) is 0 Å². The standard InChI is InChI=1S/C30H54N4O13S/c31-5-7-41-9-11-43-13-15-45-16-14-44-12-10-42-8-6-34(26(38)19-46-27-17-22(36)29(39)23(18-35)47-27)25(37)4-2-1-3-24-28-21(20-48-24)32-30(40)33-28/h21-24,27-29,35-36,39H,1-20,31H2,(H2,32,33,40)/t21-,22+,23+,24-,27+,28-,29-/m0/s1. The Hall–Kier alpha value is -1.68. The fourth-order valence-electron chi connectivity index (χ4n) is 5.42. The van der Waals surface area contributed by atoms with Crippen LogP contribution in [0.3, 0.4) is 0 Å². The molecule has 0 aromatic heterocycles. The second-order valence-corrected chi connectivity index (χ2v) is 12.8. The summed E-state index contributed by atoms with van der Waals surface area (Å²) in [5.41, 5.74) is 5.34. The lowest BCUT2D eigenvalue weighted by atomic mass is 10.0. The molecule has 0 radical (unpaired) electrons. The molecule has 4 amide bonds. The molecular weight excluding hydrogens is 656 g/mol. The molecule has 0 aromatic carbocycles. The summed E-state index contributed by atoms with van der Waals surface area (Å²) in [6.07, 6.45) is -2.34. The molecule has 0 unspecified atom stereocenters. The van der Waals surface area contributed by atoms with Crippen LogP contribution in [0.4, 0.5) is 4.79 Å². The van der Waals surface area contributed by atoms with Crippen LogP contribution in [0.5, 0.6) is 0 Å². The minimum absolute atomic E-state index is 0.00740. The van der Waals surface area contributed by atoms with Gasteiger partial charge in [-0.15, -0.1) is 0 Å². The molecular formula is C30H54N4O13S. The largest absolute Gasteiger partial charge is 0.394 e. The van der Waals surface area contributed by atoms with Gasteiger partial charge in [-0.3, -0.25) is 14.5 Å². The van der Waals surface area contributed by atoms with Crippen molar-refractivity contribution >= 4 is 29.6 Å². The van der Waals surface area contributed by atoms with Gasteiger partial charge in [0, 0.05) is 30.4 Å². The van der Waals surface area contributed by atoms with Crippen LogP contribution in [0.2, 0.25) is 0 Å². The van der Waals surface area contributed by atoms with E-state index in [0.717, 1.165) is 23.5 Å². The van der Waals surface area contributed by atoms with Crippen LogP contribution in [0.15, 0.2) is 0 Å². The Balaban J connectivity index is 1.33. The topological polar surface area (TPSA) is 230 Å². The third-order valence-corrected chi connectivity index (χ3v) is 9.50. The fourth-order valence-corrected chi connectivity index (χ4v) is 6.97. The van der Waals surface area contributed by atoms with Crippen molar-refractivity contribution in [2.45, 2.75) is 74.0 Å². The number of nitrogens with two attached hydrogens (primary N) is 1. The van der Waals surface area contributed by atoms with Gasteiger partial charge in [0.1, 0.15) is 18.8 Å². The van der Waals surface area contributed by atoms with Crippen LogP contribution >= 0.6 is 11.8 Å². The zero-order chi connectivity index (χ0) is 34.6. The average Bonchev–Trinajstić information content (AvgIpc) is 3.63. The second kappa shape index (κ2) is 23.7. The number of thioether (sulfide) groups is 1. The lowest BCUT2D eigenvalue weighted by molar-refractivity contribution is -0.256. The molecule has 3 rings (SSSR count). The van der Waals surface area contributed by atoms with Gasteiger partial charge < -0.3 is 64.8 Å². The predicted octanol–water partition coefficient (Wildman–Crippen LogP) is -2.05. The summed E-state index contributed by atoms with van der Waals surface area (Å²) in [5, 5.41) is 35.5. The highest BCUT2D eigenvalue weighted by molar-refractivity contribution is 8.00. The molecule has 0 spiro atoms. The van der Waals surface area contributed by atoms with E-state index < -0.39 is 43.7 Å². The van der Waals surface area contributed by atoms with Crippen molar-refractivity contribution < 1.29 is 62.9 Å². The zero-order valence-corrected chi connectivity index (χ0v) is 28.4. The van der Waals surface area contributed by atoms with E-state index in [9.17, 15) is 29.7 Å². The first kappa shape index (κ1) is 40.7. The summed E-state index contributed by atoms with van der Waals surface area (Å²) >= 11 is 1.81. The molecule has 0 saturated carbocycles. The van der Waals surface area contributed by atoms with E-state index in [4.69, 9.17) is 38.9 Å². The van der Waals surface area contributed by atoms with E-state index in [1.54, 1.807) is 11.8 Å². The maximum Gasteiger partial charge on any atom is 0.315 e. The molecule has 0 aliphatic carbocycles.